The Kier molecular flexibility index (Phi) is 3.24. The van der Waals surface area contributed by atoms with Crippen molar-refractivity contribution in [2.45, 2.75) is 0 Å². The molecule has 70 valence electrons. The summed E-state index contributed by atoms with van der Waals surface area (Å²) in [5, 5.41) is 15.8. The molecular formula is C5H10N8. The van der Waals surface area contributed by atoms with Gasteiger partial charge in [0.05, 0.1) is 24.8 Å². The van der Waals surface area contributed by atoms with Crippen molar-refractivity contribution in [3.8, 4) is 0 Å². The lowest BCUT2D eigenvalue weighted by Crippen LogP contribution is -2.40. The second-order valence-corrected chi connectivity index (χ2v) is 2.02. The largest absolute Gasteiger partial charge is 0.323 e. The van der Waals surface area contributed by atoms with Crippen LogP contribution in [0.1, 0.15) is 0 Å². The van der Waals surface area contributed by atoms with Gasteiger partial charge in [-0.3, -0.25) is 0 Å². The van der Waals surface area contributed by atoms with E-state index in [1.165, 1.54) is 22.3 Å². The normalized spacial score (nSPS) is 11.2. The van der Waals surface area contributed by atoms with Crippen LogP contribution in [0.25, 0.3) is 0 Å². The zero-order chi connectivity index (χ0) is 9.52. The topological polar surface area (TPSA) is 96.7 Å². The first kappa shape index (κ1) is 8.97. The molecule has 0 bridgehead atoms. The highest BCUT2D eigenvalue weighted by Gasteiger charge is 1.93. The molecule has 0 aliphatic heterocycles. The first-order chi connectivity index (χ1) is 6.34. The number of hydrogen-bond donors (Lipinski definition) is 2. The summed E-state index contributed by atoms with van der Waals surface area (Å²) in [5.74, 6) is 4.85. The molecule has 0 aromatic carbocycles. The van der Waals surface area contributed by atoms with E-state index in [4.69, 9.17) is 5.84 Å². The molecule has 1 aromatic heterocycles. The van der Waals surface area contributed by atoms with Gasteiger partial charge in [-0.1, -0.05) is 0 Å². The van der Waals surface area contributed by atoms with Gasteiger partial charge in [0, 0.05) is 7.05 Å². The molecule has 8 nitrogen and oxygen atoms in total. The molecule has 1 aromatic rings. The Bertz CT molecular complexity index is 275. The molecule has 0 spiro atoms. The van der Waals surface area contributed by atoms with Crippen molar-refractivity contribution in [2.24, 2.45) is 16.0 Å². The lowest BCUT2D eigenvalue weighted by molar-refractivity contribution is 0.486. The van der Waals surface area contributed by atoms with Gasteiger partial charge in [0.15, 0.2) is 0 Å². The Labute approximate surface area is 74.6 Å². The van der Waals surface area contributed by atoms with Crippen LogP contribution in [-0.4, -0.2) is 34.6 Å². The van der Waals surface area contributed by atoms with E-state index >= 15 is 0 Å². The van der Waals surface area contributed by atoms with E-state index in [-0.39, 0.29) is 0 Å². The maximum atomic E-state index is 4.85. The second-order valence-electron chi connectivity index (χ2n) is 2.02. The van der Waals surface area contributed by atoms with Gasteiger partial charge in [-0.2, -0.15) is 15.3 Å². The molecule has 0 aliphatic rings. The third-order valence-corrected chi connectivity index (χ3v) is 1.15. The first-order valence-corrected chi connectivity index (χ1v) is 3.45. The summed E-state index contributed by atoms with van der Waals surface area (Å²) in [6, 6.07) is 0. The van der Waals surface area contributed by atoms with Gasteiger partial charge in [0.25, 0.3) is 0 Å². The minimum atomic E-state index is 1.35. The predicted molar refractivity (Wildman–Crippen MR) is 48.5 cm³/mol. The number of nitrogens with zero attached hydrogens (tertiary/aromatic N) is 6. The summed E-state index contributed by atoms with van der Waals surface area (Å²) in [6.07, 6.45) is 5.98. The highest BCUT2D eigenvalue weighted by Crippen LogP contribution is 1.77. The van der Waals surface area contributed by atoms with E-state index in [0.29, 0.717) is 0 Å². The van der Waals surface area contributed by atoms with Crippen LogP contribution in [0.5, 0.6) is 0 Å². The number of aromatic nitrogens is 3. The Morgan fingerprint density at radius 2 is 2.46 bits per heavy atom. The van der Waals surface area contributed by atoms with Crippen LogP contribution in [0.15, 0.2) is 22.6 Å². The highest BCUT2D eigenvalue weighted by molar-refractivity contribution is 6.15. The standard InChI is InChI=1S/C5H10N8/c1-12(10-8-3-2-7-6)13-5-4-9-11-13/h2-5,10H,6H2,1H3. The second kappa shape index (κ2) is 4.70. The molecule has 0 atom stereocenters. The lowest BCUT2D eigenvalue weighted by Gasteiger charge is -2.15. The monoisotopic (exact) mass is 182 g/mol. The van der Waals surface area contributed by atoms with E-state index in [0.717, 1.165) is 0 Å². The van der Waals surface area contributed by atoms with Gasteiger partial charge >= 0.3 is 0 Å². The van der Waals surface area contributed by atoms with Crippen molar-refractivity contribution in [1.29, 1.82) is 0 Å². The lowest BCUT2D eigenvalue weighted by atomic mass is 10.8. The molecule has 3 N–H and O–H groups in total. The summed E-state index contributed by atoms with van der Waals surface area (Å²) < 4.78 is 0. The number of rotatable bonds is 4. The van der Waals surface area contributed by atoms with Crippen LogP contribution in [0.2, 0.25) is 0 Å². The molecule has 0 aliphatic carbocycles. The highest BCUT2D eigenvalue weighted by atomic mass is 15.9. The van der Waals surface area contributed by atoms with E-state index in [2.05, 4.69) is 26.0 Å². The third kappa shape index (κ3) is 2.77. The Morgan fingerprint density at radius 1 is 1.62 bits per heavy atom. The maximum Gasteiger partial charge on any atom is 0.0716 e. The minimum absolute atomic E-state index is 1.35. The summed E-state index contributed by atoms with van der Waals surface area (Å²) in [6.45, 7) is 0. The van der Waals surface area contributed by atoms with E-state index in [1.807, 2.05) is 0 Å². The molecule has 13 heavy (non-hydrogen) atoms. The zero-order valence-corrected chi connectivity index (χ0v) is 7.07. The van der Waals surface area contributed by atoms with Crippen molar-refractivity contribution in [1.82, 2.24) is 20.6 Å². The van der Waals surface area contributed by atoms with E-state index < -0.39 is 0 Å². The van der Waals surface area contributed by atoms with Crippen LogP contribution in [-0.2, 0) is 0 Å². The SMILES string of the molecule is CN(NN=CC=NN)n1ccnn1. The number of hydrogen-bond acceptors (Lipinski definition) is 7. The van der Waals surface area contributed by atoms with Crippen molar-refractivity contribution in [3.05, 3.63) is 12.4 Å². The molecule has 0 radical (unpaired) electrons. The van der Waals surface area contributed by atoms with Crippen LogP contribution in [0.3, 0.4) is 0 Å². The molecule has 0 unspecified atom stereocenters. The number of nitrogens with one attached hydrogen (secondary N) is 1. The molecule has 1 rings (SSSR count). The third-order valence-electron chi connectivity index (χ3n) is 1.15. The molecule has 1 heterocycles. The quantitative estimate of drug-likeness (QED) is 0.328. The fourth-order valence-electron chi connectivity index (χ4n) is 0.597. The van der Waals surface area contributed by atoms with Gasteiger partial charge in [-0.05, 0) is 5.21 Å². The Hall–Kier alpha value is -2.12. The van der Waals surface area contributed by atoms with Gasteiger partial charge in [-0.15, -0.1) is 9.89 Å². The van der Waals surface area contributed by atoms with Crippen LogP contribution >= 0.6 is 0 Å². The molecule has 0 saturated heterocycles. The fraction of sp³-hybridized carbons (Fsp3) is 0.200. The van der Waals surface area contributed by atoms with Crippen molar-refractivity contribution >= 4 is 12.4 Å². The Morgan fingerprint density at radius 3 is 3.08 bits per heavy atom. The van der Waals surface area contributed by atoms with Gasteiger partial charge in [0.2, 0.25) is 0 Å². The number of hydrazone groups is 2. The summed E-state index contributed by atoms with van der Waals surface area (Å²) in [4.78, 5) is 1.47. The average molecular weight is 182 g/mol. The van der Waals surface area contributed by atoms with Gasteiger partial charge < -0.3 is 5.84 Å². The van der Waals surface area contributed by atoms with Gasteiger partial charge in [0.1, 0.15) is 0 Å². The molecule has 0 fully saturated rings. The van der Waals surface area contributed by atoms with E-state index in [1.54, 1.807) is 19.4 Å². The average Bonchev–Trinajstić information content (AvgIpc) is 2.65. The van der Waals surface area contributed by atoms with Crippen LogP contribution < -0.4 is 16.5 Å². The number of nitrogens with two attached hydrogens (primary N) is 1. The first-order valence-electron chi connectivity index (χ1n) is 3.45. The number of hydrazine groups is 1. The van der Waals surface area contributed by atoms with Gasteiger partial charge in [-0.25, -0.2) is 5.53 Å². The van der Waals surface area contributed by atoms with Crippen molar-refractivity contribution in [3.63, 3.8) is 0 Å². The molecular weight excluding hydrogens is 172 g/mol. The summed E-state index contributed by atoms with van der Waals surface area (Å²) >= 11 is 0. The molecule has 0 saturated carbocycles. The predicted octanol–water partition coefficient (Wildman–Crippen LogP) is -1.72. The summed E-state index contributed by atoms with van der Waals surface area (Å²) in [5.41, 5.74) is 2.64. The smallest absolute Gasteiger partial charge is 0.0716 e. The Balaban J connectivity index is 2.38. The fourth-order valence-corrected chi connectivity index (χ4v) is 0.597. The minimum Gasteiger partial charge on any atom is -0.323 e. The molecule has 8 heteroatoms. The van der Waals surface area contributed by atoms with Crippen LogP contribution in [0, 0.1) is 0 Å². The summed E-state index contributed by atoms with van der Waals surface area (Å²) in [7, 11) is 1.73. The van der Waals surface area contributed by atoms with Crippen molar-refractivity contribution < 1.29 is 0 Å². The van der Waals surface area contributed by atoms with Crippen molar-refractivity contribution in [2.75, 3.05) is 12.2 Å². The maximum absolute atomic E-state index is 4.85. The van der Waals surface area contributed by atoms with E-state index in [9.17, 15) is 0 Å². The zero-order valence-electron chi connectivity index (χ0n) is 7.07. The molecule has 0 amide bonds. The van der Waals surface area contributed by atoms with Crippen LogP contribution in [0.4, 0.5) is 0 Å².